The highest BCUT2D eigenvalue weighted by atomic mass is 79.9. The van der Waals surface area contributed by atoms with Crippen molar-refractivity contribution in [1.29, 1.82) is 0 Å². The molecule has 4 nitrogen and oxygen atoms in total. The molecule has 1 aromatic heterocycles. The molecule has 1 aromatic carbocycles. The van der Waals surface area contributed by atoms with E-state index in [9.17, 15) is 4.79 Å². The first-order valence-corrected chi connectivity index (χ1v) is 8.34. The van der Waals surface area contributed by atoms with Gasteiger partial charge in [0.1, 0.15) is 5.82 Å². The number of carbonyl (C=O) groups is 1. The standard InChI is InChI=1S/C15H15BrN2O2S/c1-2-4-13-12(15(19)20)8-17-14(18-13)9-21-11-6-3-5-10(16)7-11/h3,5-8H,2,4,9H2,1H3,(H,19,20). The van der Waals surface area contributed by atoms with Crippen LogP contribution < -0.4 is 0 Å². The highest BCUT2D eigenvalue weighted by molar-refractivity contribution is 9.10. The number of aromatic carboxylic acids is 1. The molecule has 0 aliphatic heterocycles. The number of hydrogen-bond donors (Lipinski definition) is 1. The normalized spacial score (nSPS) is 10.6. The summed E-state index contributed by atoms with van der Waals surface area (Å²) in [5, 5.41) is 9.13. The van der Waals surface area contributed by atoms with Crippen LogP contribution in [0.2, 0.25) is 0 Å². The fourth-order valence-corrected chi connectivity index (χ4v) is 3.21. The highest BCUT2D eigenvalue weighted by Gasteiger charge is 2.13. The lowest BCUT2D eigenvalue weighted by Gasteiger charge is -2.07. The van der Waals surface area contributed by atoms with Gasteiger partial charge in [-0.1, -0.05) is 35.3 Å². The predicted molar refractivity (Wildman–Crippen MR) is 86.7 cm³/mol. The van der Waals surface area contributed by atoms with Gasteiger partial charge in [-0.25, -0.2) is 14.8 Å². The molecule has 110 valence electrons. The molecule has 0 atom stereocenters. The van der Waals surface area contributed by atoms with E-state index in [0.717, 1.165) is 15.8 Å². The molecule has 0 amide bonds. The van der Waals surface area contributed by atoms with E-state index in [2.05, 4.69) is 25.9 Å². The van der Waals surface area contributed by atoms with Crippen LogP contribution in [0, 0.1) is 0 Å². The summed E-state index contributed by atoms with van der Waals surface area (Å²) >= 11 is 5.06. The summed E-state index contributed by atoms with van der Waals surface area (Å²) in [5.74, 6) is 0.311. The van der Waals surface area contributed by atoms with Gasteiger partial charge in [0.15, 0.2) is 0 Å². The van der Waals surface area contributed by atoms with Crippen molar-refractivity contribution < 1.29 is 9.90 Å². The lowest BCUT2D eigenvalue weighted by atomic mass is 10.1. The number of thioether (sulfide) groups is 1. The van der Waals surface area contributed by atoms with Crippen LogP contribution in [0.4, 0.5) is 0 Å². The molecule has 0 bridgehead atoms. The Balaban J connectivity index is 2.13. The van der Waals surface area contributed by atoms with Crippen LogP contribution in [0.15, 0.2) is 39.8 Å². The summed E-state index contributed by atoms with van der Waals surface area (Å²) < 4.78 is 1.03. The third-order valence-electron chi connectivity index (χ3n) is 2.80. The number of carboxylic acids is 1. The molecule has 1 N–H and O–H groups in total. The maximum Gasteiger partial charge on any atom is 0.339 e. The second-order valence-corrected chi connectivity index (χ2v) is 6.41. The zero-order valence-corrected chi connectivity index (χ0v) is 13.9. The van der Waals surface area contributed by atoms with Gasteiger partial charge < -0.3 is 5.11 Å². The quantitative estimate of drug-likeness (QED) is 0.776. The molecule has 0 saturated carbocycles. The Morgan fingerprint density at radius 2 is 2.24 bits per heavy atom. The Labute approximate surface area is 136 Å². The zero-order valence-electron chi connectivity index (χ0n) is 11.5. The lowest BCUT2D eigenvalue weighted by Crippen LogP contribution is -2.08. The van der Waals surface area contributed by atoms with E-state index >= 15 is 0 Å². The summed E-state index contributed by atoms with van der Waals surface area (Å²) in [5.41, 5.74) is 0.817. The smallest absolute Gasteiger partial charge is 0.339 e. The first-order chi connectivity index (χ1) is 10.1. The van der Waals surface area contributed by atoms with Crippen molar-refractivity contribution in [3.05, 3.63) is 52.0 Å². The van der Waals surface area contributed by atoms with Crippen LogP contribution in [0.3, 0.4) is 0 Å². The molecule has 1 heterocycles. The Morgan fingerprint density at radius 3 is 2.90 bits per heavy atom. The average Bonchev–Trinajstić information content (AvgIpc) is 2.45. The number of aryl methyl sites for hydroxylation is 1. The maximum atomic E-state index is 11.1. The number of aromatic nitrogens is 2. The lowest BCUT2D eigenvalue weighted by molar-refractivity contribution is 0.0694. The number of hydrogen-bond acceptors (Lipinski definition) is 4. The first kappa shape index (κ1) is 16.0. The van der Waals surface area contributed by atoms with Gasteiger partial charge >= 0.3 is 5.97 Å². The minimum atomic E-state index is -0.968. The van der Waals surface area contributed by atoms with Crippen LogP contribution in [-0.4, -0.2) is 21.0 Å². The number of benzene rings is 1. The summed E-state index contributed by atoms with van der Waals surface area (Å²) in [7, 11) is 0. The van der Waals surface area contributed by atoms with Gasteiger partial charge in [-0.15, -0.1) is 11.8 Å². The fourth-order valence-electron chi connectivity index (χ4n) is 1.84. The van der Waals surface area contributed by atoms with E-state index < -0.39 is 5.97 Å². The number of nitrogens with zero attached hydrogens (tertiary/aromatic N) is 2. The van der Waals surface area contributed by atoms with Gasteiger partial charge in [-0.2, -0.15) is 0 Å². The molecule has 0 fully saturated rings. The van der Waals surface area contributed by atoms with Crippen LogP contribution in [0.1, 0.15) is 35.2 Å². The van der Waals surface area contributed by atoms with Gasteiger partial charge in [0, 0.05) is 15.6 Å². The molecule has 6 heteroatoms. The molecule has 0 radical (unpaired) electrons. The van der Waals surface area contributed by atoms with E-state index in [-0.39, 0.29) is 5.56 Å². The van der Waals surface area contributed by atoms with Crippen molar-refractivity contribution in [1.82, 2.24) is 9.97 Å². The Morgan fingerprint density at radius 1 is 1.43 bits per heavy atom. The average molecular weight is 367 g/mol. The van der Waals surface area contributed by atoms with Crippen molar-refractivity contribution in [2.45, 2.75) is 30.4 Å². The second kappa shape index (κ2) is 7.56. The third-order valence-corrected chi connectivity index (χ3v) is 4.28. The molecule has 2 rings (SSSR count). The summed E-state index contributed by atoms with van der Waals surface area (Å²) in [6.45, 7) is 2.00. The van der Waals surface area contributed by atoms with E-state index in [0.29, 0.717) is 23.7 Å². The fraction of sp³-hybridized carbons (Fsp3) is 0.267. The molecule has 0 saturated heterocycles. The zero-order chi connectivity index (χ0) is 15.2. The SMILES string of the molecule is CCCc1nc(CSc2cccc(Br)c2)ncc1C(=O)O. The van der Waals surface area contributed by atoms with Gasteiger partial charge in [-0.05, 0) is 24.6 Å². The van der Waals surface area contributed by atoms with Crippen molar-refractivity contribution in [2.24, 2.45) is 0 Å². The van der Waals surface area contributed by atoms with Crippen molar-refractivity contribution in [3.8, 4) is 0 Å². The topological polar surface area (TPSA) is 63.1 Å². The minimum Gasteiger partial charge on any atom is -0.478 e. The van der Waals surface area contributed by atoms with Crippen molar-refractivity contribution in [2.75, 3.05) is 0 Å². The second-order valence-electron chi connectivity index (χ2n) is 4.45. The minimum absolute atomic E-state index is 0.202. The van der Waals surface area contributed by atoms with Crippen LogP contribution >= 0.6 is 27.7 Å². The number of halogens is 1. The third kappa shape index (κ3) is 4.54. The molecule has 0 spiro atoms. The monoisotopic (exact) mass is 366 g/mol. The van der Waals surface area contributed by atoms with Crippen molar-refractivity contribution >= 4 is 33.7 Å². The molecule has 2 aromatic rings. The Hall–Kier alpha value is -1.40. The van der Waals surface area contributed by atoms with Gasteiger partial charge in [0.2, 0.25) is 0 Å². The van der Waals surface area contributed by atoms with Gasteiger partial charge in [0.25, 0.3) is 0 Å². The van der Waals surface area contributed by atoms with Crippen molar-refractivity contribution in [3.63, 3.8) is 0 Å². The molecule has 21 heavy (non-hydrogen) atoms. The molecular weight excluding hydrogens is 352 g/mol. The van der Waals surface area contributed by atoms with Crippen LogP contribution in [-0.2, 0) is 12.2 Å². The molecule has 0 unspecified atom stereocenters. The van der Waals surface area contributed by atoms with Gasteiger partial charge in [-0.3, -0.25) is 0 Å². The summed E-state index contributed by atoms with van der Waals surface area (Å²) in [6.07, 6.45) is 2.92. The largest absolute Gasteiger partial charge is 0.478 e. The number of rotatable bonds is 6. The van der Waals surface area contributed by atoms with E-state index in [4.69, 9.17) is 5.11 Å². The Bertz CT molecular complexity index is 649. The van der Waals surface area contributed by atoms with Crippen LogP contribution in [0.25, 0.3) is 0 Å². The van der Waals surface area contributed by atoms with Gasteiger partial charge in [0.05, 0.1) is 17.0 Å². The summed E-state index contributed by atoms with van der Waals surface area (Å²) in [6, 6.07) is 8.00. The van der Waals surface area contributed by atoms with Crippen LogP contribution in [0.5, 0.6) is 0 Å². The van der Waals surface area contributed by atoms with E-state index in [1.54, 1.807) is 11.8 Å². The predicted octanol–water partition coefficient (Wildman–Crippen LogP) is 4.18. The molecule has 0 aliphatic rings. The number of carboxylic acid groups (broad SMARTS) is 1. The van der Waals surface area contributed by atoms with E-state index in [1.165, 1.54) is 6.20 Å². The Kier molecular flexibility index (Phi) is 5.76. The van der Waals surface area contributed by atoms with E-state index in [1.807, 2.05) is 31.2 Å². The highest BCUT2D eigenvalue weighted by Crippen LogP contribution is 2.24. The maximum absolute atomic E-state index is 11.1. The summed E-state index contributed by atoms with van der Waals surface area (Å²) in [4.78, 5) is 20.8. The molecule has 0 aliphatic carbocycles. The molecular formula is C15H15BrN2O2S. The first-order valence-electron chi connectivity index (χ1n) is 6.56.